The first-order valence-corrected chi connectivity index (χ1v) is 10.0. The lowest BCUT2D eigenvalue weighted by molar-refractivity contribution is -0.134. The number of hydrazone groups is 1. The minimum atomic E-state index is -0.328. The number of carbonyl (C=O) groups excluding carboxylic acids is 1. The number of hydrogen-bond donors (Lipinski definition) is 1. The number of aromatic nitrogens is 4. The number of hydrogen-bond acceptors (Lipinski definition) is 8. The largest absolute Gasteiger partial charge is 0.481 e. The molecule has 0 fully saturated rings. The fourth-order valence-electron chi connectivity index (χ4n) is 3.74. The number of fused-ring (bicyclic) bond motifs is 3. The zero-order chi connectivity index (χ0) is 20.0. The van der Waals surface area contributed by atoms with Crippen molar-refractivity contribution in [2.75, 3.05) is 19.1 Å². The number of thiazole rings is 1. The van der Waals surface area contributed by atoms with Gasteiger partial charge in [0.25, 0.3) is 5.91 Å². The second-order valence-corrected chi connectivity index (χ2v) is 8.07. The van der Waals surface area contributed by atoms with E-state index in [2.05, 4.69) is 20.3 Å². The summed E-state index contributed by atoms with van der Waals surface area (Å²) in [5.41, 5.74) is 1.67. The quantitative estimate of drug-likeness (QED) is 0.690. The van der Waals surface area contributed by atoms with Crippen LogP contribution in [0.2, 0.25) is 0 Å². The Balaban J connectivity index is 1.38. The maximum atomic E-state index is 13.2. The molecule has 2 atom stereocenters. The highest BCUT2D eigenvalue weighted by Gasteiger charge is 2.47. The Hall–Kier alpha value is -3.27. The molecule has 5 rings (SSSR count). The van der Waals surface area contributed by atoms with Gasteiger partial charge in [-0.3, -0.25) is 9.89 Å². The molecule has 3 aromatic heterocycles. The van der Waals surface area contributed by atoms with Crippen LogP contribution in [0.3, 0.4) is 0 Å². The lowest BCUT2D eigenvalue weighted by atomic mass is 10.0. The van der Waals surface area contributed by atoms with Crippen molar-refractivity contribution in [2.45, 2.75) is 24.9 Å². The first-order valence-electron chi connectivity index (χ1n) is 9.20. The Kier molecular flexibility index (Phi) is 4.27. The molecule has 0 aromatic carbocycles. The number of amides is 1. The third-order valence-electron chi connectivity index (χ3n) is 5.14. The Labute approximate surface area is 171 Å². The smallest absolute Gasteiger partial charge is 0.266 e. The molecular formula is C19H19N7O2S. The molecule has 0 radical (unpaired) electrons. The van der Waals surface area contributed by atoms with Crippen molar-refractivity contribution in [3.05, 3.63) is 51.7 Å². The number of nitrogens with zero attached hydrogens (tertiary/aromatic N) is 6. The molecule has 0 saturated carbocycles. The lowest BCUT2D eigenvalue weighted by Gasteiger charge is -2.31. The fraction of sp³-hybridized carbons (Fsp3) is 0.316. The van der Waals surface area contributed by atoms with E-state index in [4.69, 9.17) is 9.72 Å². The van der Waals surface area contributed by atoms with Gasteiger partial charge in [-0.1, -0.05) is 6.07 Å². The summed E-state index contributed by atoms with van der Waals surface area (Å²) in [7, 11) is 3.49. The van der Waals surface area contributed by atoms with Crippen molar-refractivity contribution >= 4 is 29.3 Å². The molecule has 10 heteroatoms. The van der Waals surface area contributed by atoms with Crippen LogP contribution in [0.1, 0.15) is 27.2 Å². The van der Waals surface area contributed by atoms with Crippen LogP contribution in [0.5, 0.6) is 5.88 Å². The van der Waals surface area contributed by atoms with Crippen molar-refractivity contribution in [3.8, 4) is 5.88 Å². The summed E-state index contributed by atoms with van der Waals surface area (Å²) in [6.45, 7) is 0.301. The normalized spacial score (nSPS) is 20.1. The number of likely N-dealkylation sites (N-methyl/N-ethyl adjacent to an activating group) is 1. The zero-order valence-electron chi connectivity index (χ0n) is 15.9. The van der Waals surface area contributed by atoms with Gasteiger partial charge in [0.2, 0.25) is 5.88 Å². The van der Waals surface area contributed by atoms with Gasteiger partial charge < -0.3 is 9.64 Å². The van der Waals surface area contributed by atoms with E-state index >= 15 is 0 Å². The lowest BCUT2D eigenvalue weighted by Crippen LogP contribution is -2.48. The number of H-pyrrole nitrogens is 1. The van der Waals surface area contributed by atoms with E-state index in [9.17, 15) is 4.79 Å². The van der Waals surface area contributed by atoms with Gasteiger partial charge in [-0.15, -0.1) is 11.3 Å². The Bertz CT molecular complexity index is 1080. The molecule has 0 spiro atoms. The van der Waals surface area contributed by atoms with Crippen LogP contribution < -0.4 is 9.64 Å². The molecule has 0 saturated heterocycles. The molecule has 29 heavy (non-hydrogen) atoms. The first-order chi connectivity index (χ1) is 14.1. The second kappa shape index (κ2) is 6.96. The Morgan fingerprint density at radius 1 is 1.24 bits per heavy atom. The molecule has 2 aliphatic heterocycles. The highest BCUT2D eigenvalue weighted by Crippen LogP contribution is 2.44. The molecule has 9 nitrogen and oxygen atoms in total. The SMILES string of the molecule is COc1cccc(CN2N=CC3c4sc(Cc5cc[nH]n5)nc4N(C)C3C2=O)n1. The van der Waals surface area contributed by atoms with Gasteiger partial charge in [-0.2, -0.15) is 10.2 Å². The van der Waals surface area contributed by atoms with Gasteiger partial charge in [0.15, 0.2) is 0 Å². The highest BCUT2D eigenvalue weighted by molar-refractivity contribution is 7.12. The number of rotatable bonds is 5. The van der Waals surface area contributed by atoms with Gasteiger partial charge in [0.1, 0.15) is 16.9 Å². The van der Waals surface area contributed by atoms with Crippen molar-refractivity contribution in [1.29, 1.82) is 0 Å². The van der Waals surface area contributed by atoms with Crippen LogP contribution in [0, 0.1) is 0 Å². The summed E-state index contributed by atoms with van der Waals surface area (Å²) in [5.74, 6) is 1.24. The number of carbonyl (C=O) groups is 1. The maximum absolute atomic E-state index is 13.2. The van der Waals surface area contributed by atoms with Gasteiger partial charge in [-0.25, -0.2) is 15.0 Å². The number of pyridine rings is 1. The minimum absolute atomic E-state index is 0.0522. The molecule has 2 aliphatic rings. The Morgan fingerprint density at radius 2 is 2.14 bits per heavy atom. The number of anilines is 1. The number of ether oxygens (including phenoxy) is 1. The summed E-state index contributed by atoms with van der Waals surface area (Å²) in [5, 5.41) is 13.9. The second-order valence-electron chi connectivity index (χ2n) is 6.95. The number of methoxy groups -OCH3 is 1. The van der Waals surface area contributed by atoms with Crippen LogP contribution in [-0.2, 0) is 17.8 Å². The predicted octanol–water partition coefficient (Wildman–Crippen LogP) is 1.79. The summed E-state index contributed by atoms with van der Waals surface area (Å²) in [4.78, 5) is 25.3. The number of nitrogens with one attached hydrogen (secondary N) is 1. The molecule has 3 aromatic rings. The highest BCUT2D eigenvalue weighted by atomic mass is 32.1. The first kappa shape index (κ1) is 17.8. The van der Waals surface area contributed by atoms with Gasteiger partial charge in [0, 0.05) is 31.9 Å². The van der Waals surface area contributed by atoms with Crippen LogP contribution in [0.4, 0.5) is 5.82 Å². The molecule has 1 N–H and O–H groups in total. The zero-order valence-corrected chi connectivity index (χ0v) is 16.8. The van der Waals surface area contributed by atoms with Crippen LogP contribution in [-0.4, -0.2) is 57.5 Å². The van der Waals surface area contributed by atoms with E-state index in [0.717, 1.165) is 27.1 Å². The summed E-state index contributed by atoms with van der Waals surface area (Å²) >= 11 is 1.62. The monoisotopic (exact) mass is 409 g/mol. The molecule has 2 unspecified atom stereocenters. The van der Waals surface area contributed by atoms with Crippen molar-refractivity contribution in [2.24, 2.45) is 5.10 Å². The van der Waals surface area contributed by atoms with Gasteiger partial charge >= 0.3 is 0 Å². The topological polar surface area (TPSA) is 99.6 Å². The van der Waals surface area contributed by atoms with Crippen LogP contribution in [0.25, 0.3) is 0 Å². The average molecular weight is 409 g/mol. The van der Waals surface area contributed by atoms with Crippen molar-refractivity contribution in [1.82, 2.24) is 25.2 Å². The summed E-state index contributed by atoms with van der Waals surface area (Å²) in [6, 6.07) is 7.10. The third kappa shape index (κ3) is 3.05. The van der Waals surface area contributed by atoms with Crippen LogP contribution in [0.15, 0.2) is 35.6 Å². The van der Waals surface area contributed by atoms with E-state index in [1.807, 2.05) is 36.4 Å². The van der Waals surface area contributed by atoms with E-state index < -0.39 is 0 Å². The maximum Gasteiger partial charge on any atom is 0.266 e. The minimum Gasteiger partial charge on any atom is -0.481 e. The molecule has 1 amide bonds. The van der Waals surface area contributed by atoms with Crippen molar-refractivity contribution < 1.29 is 9.53 Å². The van der Waals surface area contributed by atoms with Crippen molar-refractivity contribution in [3.63, 3.8) is 0 Å². The predicted molar refractivity (Wildman–Crippen MR) is 108 cm³/mol. The van der Waals surface area contributed by atoms with Crippen LogP contribution >= 0.6 is 11.3 Å². The fourth-order valence-corrected chi connectivity index (χ4v) is 4.95. The van der Waals surface area contributed by atoms with Gasteiger partial charge in [0.05, 0.1) is 35.8 Å². The van der Waals surface area contributed by atoms with Gasteiger partial charge in [-0.05, 0) is 12.1 Å². The average Bonchev–Trinajstić information content (AvgIpc) is 3.44. The van der Waals surface area contributed by atoms with E-state index in [1.165, 1.54) is 5.01 Å². The molecule has 5 heterocycles. The van der Waals surface area contributed by atoms with E-state index in [-0.39, 0.29) is 17.9 Å². The van der Waals surface area contributed by atoms with E-state index in [1.54, 1.807) is 30.7 Å². The summed E-state index contributed by atoms with van der Waals surface area (Å²) in [6.07, 6.45) is 4.33. The van der Waals surface area contributed by atoms with E-state index in [0.29, 0.717) is 18.8 Å². The molecular weight excluding hydrogens is 390 g/mol. The molecule has 148 valence electrons. The summed E-state index contributed by atoms with van der Waals surface area (Å²) < 4.78 is 5.16. The Morgan fingerprint density at radius 3 is 2.93 bits per heavy atom. The molecule has 0 bridgehead atoms. The number of aromatic amines is 1. The molecule has 0 aliphatic carbocycles. The standard InChI is InChI=1S/C19H19N7O2S/c1-25-16-13(17-18(25)23-15(29-17)8-11-6-7-20-24-11)9-21-26(19(16)27)10-12-4-3-5-14(22-12)28-2/h3-7,9,13,16H,8,10H2,1-2H3,(H,20,24). The third-order valence-corrected chi connectivity index (χ3v) is 6.29.